The zero-order chi connectivity index (χ0) is 22.2. The van der Waals surface area contributed by atoms with E-state index in [1.165, 1.54) is 22.5 Å². The third kappa shape index (κ3) is 4.00. The molecule has 3 heterocycles. The van der Waals surface area contributed by atoms with E-state index in [4.69, 9.17) is 10.5 Å². The van der Waals surface area contributed by atoms with E-state index in [0.717, 1.165) is 54.8 Å². The second kappa shape index (κ2) is 8.81. The maximum atomic E-state index is 14.1. The van der Waals surface area contributed by atoms with Crippen molar-refractivity contribution in [3.63, 3.8) is 0 Å². The van der Waals surface area contributed by atoms with Crippen LogP contribution in [0.5, 0.6) is 0 Å². The first-order chi connectivity index (χ1) is 15.5. The van der Waals surface area contributed by atoms with Crippen molar-refractivity contribution in [2.24, 2.45) is 5.73 Å². The molecule has 2 atom stereocenters. The number of hydrogen-bond acceptors (Lipinski definition) is 5. The Morgan fingerprint density at radius 2 is 2.12 bits per heavy atom. The minimum Gasteiger partial charge on any atom is -0.373 e. The lowest BCUT2D eigenvalue weighted by molar-refractivity contribution is 0.0255. The molecule has 5 rings (SSSR count). The topological polar surface area (TPSA) is 58.8 Å². The summed E-state index contributed by atoms with van der Waals surface area (Å²) in [6.07, 6.45) is 1.78. The van der Waals surface area contributed by atoms with Crippen molar-refractivity contribution < 1.29 is 13.9 Å². The first kappa shape index (κ1) is 21.4. The van der Waals surface area contributed by atoms with E-state index < -0.39 is 0 Å². The lowest BCUT2D eigenvalue weighted by Crippen LogP contribution is -2.52. The highest BCUT2D eigenvalue weighted by Crippen LogP contribution is 2.34. The number of nitrogens with two attached hydrogens (primary N) is 1. The minimum absolute atomic E-state index is 0.0495. The second-order valence-electron chi connectivity index (χ2n) is 8.74. The van der Waals surface area contributed by atoms with Crippen LogP contribution in [0.25, 0.3) is 10.1 Å². The molecular formula is C25H28FN3O2S. The molecule has 0 unspecified atom stereocenters. The van der Waals surface area contributed by atoms with Crippen LogP contribution in [0.1, 0.15) is 40.9 Å². The molecule has 2 aliphatic rings. The number of primary amides is 1. The monoisotopic (exact) mass is 453 g/mol. The highest BCUT2D eigenvalue weighted by molar-refractivity contribution is 7.17. The number of ether oxygens (including phenoxy) is 1. The Morgan fingerprint density at radius 3 is 2.94 bits per heavy atom. The zero-order valence-corrected chi connectivity index (χ0v) is 19.0. The van der Waals surface area contributed by atoms with Crippen LogP contribution in [0.3, 0.4) is 0 Å². The highest BCUT2D eigenvalue weighted by atomic mass is 32.1. The van der Waals surface area contributed by atoms with Gasteiger partial charge in [-0.3, -0.25) is 9.69 Å². The van der Waals surface area contributed by atoms with E-state index in [0.29, 0.717) is 18.2 Å². The number of rotatable bonds is 5. The highest BCUT2D eigenvalue weighted by Gasteiger charge is 2.28. The van der Waals surface area contributed by atoms with Crippen molar-refractivity contribution in [3.05, 3.63) is 64.3 Å². The van der Waals surface area contributed by atoms with E-state index in [2.05, 4.69) is 16.7 Å². The van der Waals surface area contributed by atoms with Crippen molar-refractivity contribution in [3.8, 4) is 0 Å². The van der Waals surface area contributed by atoms with Crippen LogP contribution in [0.15, 0.2) is 41.8 Å². The van der Waals surface area contributed by atoms with Gasteiger partial charge < -0.3 is 15.4 Å². The number of thiophene rings is 1. The average Bonchev–Trinajstić information content (AvgIpc) is 3.29. The average molecular weight is 454 g/mol. The van der Waals surface area contributed by atoms with E-state index in [-0.39, 0.29) is 17.8 Å². The van der Waals surface area contributed by atoms with Crippen molar-refractivity contribution in [2.75, 3.05) is 37.7 Å². The van der Waals surface area contributed by atoms with Crippen molar-refractivity contribution >= 4 is 33.0 Å². The molecule has 1 fully saturated rings. The quantitative estimate of drug-likeness (QED) is 0.624. The summed E-state index contributed by atoms with van der Waals surface area (Å²) in [7, 11) is 0. The lowest BCUT2D eigenvalue weighted by atomic mass is 9.93. The maximum absolute atomic E-state index is 14.1. The normalized spacial score (nSPS) is 21.6. The van der Waals surface area contributed by atoms with E-state index in [9.17, 15) is 9.18 Å². The maximum Gasteiger partial charge on any atom is 0.248 e. The molecule has 2 aliphatic heterocycles. The smallest absolute Gasteiger partial charge is 0.248 e. The van der Waals surface area contributed by atoms with Crippen molar-refractivity contribution in [2.45, 2.75) is 31.9 Å². The Bertz CT molecular complexity index is 1150. The Labute approximate surface area is 191 Å². The summed E-state index contributed by atoms with van der Waals surface area (Å²) in [5.74, 6) is -0.524. The van der Waals surface area contributed by atoms with Gasteiger partial charge in [-0.25, -0.2) is 4.39 Å². The Morgan fingerprint density at radius 1 is 1.25 bits per heavy atom. The number of piperazine rings is 1. The molecule has 1 saturated heterocycles. The molecule has 32 heavy (non-hydrogen) atoms. The first-order valence-corrected chi connectivity index (χ1v) is 12.1. The van der Waals surface area contributed by atoms with Crippen molar-refractivity contribution in [1.82, 2.24) is 4.90 Å². The largest absolute Gasteiger partial charge is 0.373 e. The Kier molecular flexibility index (Phi) is 5.88. The van der Waals surface area contributed by atoms with Gasteiger partial charge in [0, 0.05) is 48.9 Å². The van der Waals surface area contributed by atoms with Gasteiger partial charge in [0.25, 0.3) is 0 Å². The molecule has 3 aromatic rings. The zero-order valence-electron chi connectivity index (χ0n) is 18.2. The molecule has 0 aliphatic carbocycles. The molecule has 0 saturated carbocycles. The SMILES string of the molecule is C[C@@H]1CN(c2ccc(F)c3sccc23)CCN1CC[C@@H]1OCCc2cc(C(N)=O)ccc21. The number of anilines is 1. The number of amides is 1. The fraction of sp³-hybridized carbons (Fsp3) is 0.400. The summed E-state index contributed by atoms with van der Waals surface area (Å²) in [6.45, 7) is 6.68. The molecule has 2 N–H and O–H groups in total. The summed E-state index contributed by atoms with van der Waals surface area (Å²) in [5, 5.41) is 2.98. The summed E-state index contributed by atoms with van der Waals surface area (Å²) in [5.41, 5.74) is 9.48. The van der Waals surface area contributed by atoms with Crippen LogP contribution in [0.4, 0.5) is 10.1 Å². The molecule has 2 aromatic carbocycles. The summed E-state index contributed by atoms with van der Waals surface area (Å²) in [6, 6.07) is 11.6. The number of halogens is 1. The molecule has 0 radical (unpaired) electrons. The van der Waals surface area contributed by atoms with Gasteiger partial charge in [-0.05, 0) is 66.6 Å². The Balaban J connectivity index is 1.24. The van der Waals surface area contributed by atoms with E-state index in [1.807, 2.05) is 29.6 Å². The van der Waals surface area contributed by atoms with Gasteiger partial charge in [0.2, 0.25) is 5.91 Å². The van der Waals surface area contributed by atoms with Gasteiger partial charge in [0.1, 0.15) is 5.82 Å². The number of benzene rings is 2. The molecule has 0 spiro atoms. The van der Waals surface area contributed by atoms with E-state index in [1.54, 1.807) is 12.1 Å². The standard InChI is InChI=1S/C25H28FN3O2S/c1-16-15-29(22-5-4-21(26)24-20(22)8-13-32-24)11-10-28(16)9-6-23-19-3-2-18(25(27)30)14-17(19)7-12-31-23/h2-5,8,13-14,16,23H,6-7,9-12,15H2,1H3,(H2,27,30)/t16-,23+/m1/s1. The van der Waals surface area contributed by atoms with E-state index >= 15 is 0 Å². The van der Waals surface area contributed by atoms with Crippen LogP contribution in [-0.2, 0) is 11.2 Å². The minimum atomic E-state index is -0.386. The summed E-state index contributed by atoms with van der Waals surface area (Å²) < 4.78 is 20.9. The van der Waals surface area contributed by atoms with Crippen molar-refractivity contribution in [1.29, 1.82) is 0 Å². The predicted octanol–water partition coefficient (Wildman–Crippen LogP) is 4.35. The fourth-order valence-corrected chi connectivity index (χ4v) is 5.87. The molecule has 1 amide bonds. The fourth-order valence-electron chi connectivity index (χ4n) is 5.05. The van der Waals surface area contributed by atoms with Gasteiger partial charge in [0.15, 0.2) is 0 Å². The van der Waals surface area contributed by atoms with Crippen LogP contribution < -0.4 is 10.6 Å². The third-order valence-corrected chi connectivity index (χ3v) is 7.72. The molecular weight excluding hydrogens is 425 g/mol. The third-order valence-electron chi connectivity index (χ3n) is 6.79. The summed E-state index contributed by atoms with van der Waals surface area (Å²) in [4.78, 5) is 16.4. The Hall–Kier alpha value is -2.48. The van der Waals surface area contributed by atoms with Crippen LogP contribution in [0.2, 0.25) is 0 Å². The number of hydrogen-bond donors (Lipinski definition) is 1. The number of fused-ring (bicyclic) bond motifs is 2. The van der Waals surface area contributed by atoms with Gasteiger partial charge in [-0.1, -0.05) is 6.07 Å². The number of carbonyl (C=O) groups is 1. The van der Waals surface area contributed by atoms with Gasteiger partial charge in [-0.15, -0.1) is 11.3 Å². The predicted molar refractivity (Wildman–Crippen MR) is 127 cm³/mol. The van der Waals surface area contributed by atoms with Crippen LogP contribution in [-0.4, -0.2) is 49.6 Å². The van der Waals surface area contributed by atoms with Gasteiger partial charge >= 0.3 is 0 Å². The first-order valence-electron chi connectivity index (χ1n) is 11.2. The molecule has 0 bridgehead atoms. The van der Waals surface area contributed by atoms with Crippen LogP contribution in [0, 0.1) is 5.82 Å². The molecule has 168 valence electrons. The molecule has 7 heteroatoms. The molecule has 1 aromatic heterocycles. The second-order valence-corrected chi connectivity index (χ2v) is 9.65. The lowest BCUT2D eigenvalue weighted by Gasteiger charge is -2.42. The summed E-state index contributed by atoms with van der Waals surface area (Å²) >= 11 is 1.46. The van der Waals surface area contributed by atoms with Gasteiger partial charge in [-0.2, -0.15) is 0 Å². The van der Waals surface area contributed by atoms with Crippen LogP contribution >= 0.6 is 11.3 Å². The molecule has 5 nitrogen and oxygen atoms in total. The number of nitrogens with zero attached hydrogens (tertiary/aromatic N) is 2. The number of carbonyl (C=O) groups excluding carboxylic acids is 1. The van der Waals surface area contributed by atoms with Gasteiger partial charge in [0.05, 0.1) is 17.4 Å².